The smallest absolute Gasteiger partial charge is 0.326 e. The van der Waals surface area contributed by atoms with Gasteiger partial charge in [0.2, 0.25) is 5.91 Å². The standard InChI is InChI=1S/C14H19N3O4/c15-8-7-9-3-1-2-4-10(9)13(19)17-11(14(20)21)5-6-12(16)18/h1-4,11H,5-8,15H2,(H2,16,18)(H,17,19)(H,20,21)/t11-/m0/s1. The van der Waals surface area contributed by atoms with Crippen LogP contribution in [0.2, 0.25) is 0 Å². The molecule has 114 valence electrons. The number of primary amides is 1. The van der Waals surface area contributed by atoms with Crippen LogP contribution >= 0.6 is 0 Å². The quantitative estimate of drug-likeness (QED) is 0.519. The number of carboxylic acid groups (broad SMARTS) is 1. The molecule has 0 radical (unpaired) electrons. The molecular formula is C14H19N3O4. The van der Waals surface area contributed by atoms with E-state index in [9.17, 15) is 14.4 Å². The molecule has 0 bridgehead atoms. The molecule has 1 aromatic carbocycles. The molecule has 1 aromatic rings. The number of nitrogens with two attached hydrogens (primary N) is 2. The number of aliphatic carboxylic acids is 1. The van der Waals surface area contributed by atoms with Crippen molar-refractivity contribution >= 4 is 17.8 Å². The second kappa shape index (κ2) is 8.01. The highest BCUT2D eigenvalue weighted by Crippen LogP contribution is 2.10. The van der Waals surface area contributed by atoms with Crippen molar-refractivity contribution in [1.82, 2.24) is 5.32 Å². The fourth-order valence-corrected chi connectivity index (χ4v) is 1.90. The molecule has 1 atom stereocenters. The van der Waals surface area contributed by atoms with Crippen molar-refractivity contribution in [2.45, 2.75) is 25.3 Å². The van der Waals surface area contributed by atoms with Gasteiger partial charge in [0.1, 0.15) is 6.04 Å². The van der Waals surface area contributed by atoms with E-state index < -0.39 is 23.8 Å². The Labute approximate surface area is 122 Å². The second-order valence-electron chi connectivity index (χ2n) is 4.57. The normalized spacial score (nSPS) is 11.7. The highest BCUT2D eigenvalue weighted by molar-refractivity contribution is 5.98. The average Bonchev–Trinajstić information content (AvgIpc) is 2.43. The van der Waals surface area contributed by atoms with Crippen LogP contribution in [0.3, 0.4) is 0 Å². The van der Waals surface area contributed by atoms with Crippen LogP contribution in [0.15, 0.2) is 24.3 Å². The Bertz CT molecular complexity index is 531. The predicted octanol–water partition coefficient (Wildman–Crippen LogP) is -0.364. The molecule has 0 unspecified atom stereocenters. The molecule has 21 heavy (non-hydrogen) atoms. The molecule has 0 saturated heterocycles. The van der Waals surface area contributed by atoms with Crippen LogP contribution in [0.4, 0.5) is 0 Å². The van der Waals surface area contributed by atoms with Crippen molar-refractivity contribution in [3.8, 4) is 0 Å². The zero-order valence-electron chi connectivity index (χ0n) is 11.5. The van der Waals surface area contributed by atoms with Crippen molar-refractivity contribution in [2.75, 3.05) is 6.54 Å². The SMILES string of the molecule is NCCc1ccccc1C(=O)N[C@@H](CCC(N)=O)C(=O)O. The topological polar surface area (TPSA) is 136 Å². The van der Waals surface area contributed by atoms with E-state index in [1.807, 2.05) is 0 Å². The third-order valence-corrected chi connectivity index (χ3v) is 2.96. The number of nitrogens with one attached hydrogen (secondary N) is 1. The minimum absolute atomic E-state index is 0.0462. The largest absolute Gasteiger partial charge is 0.480 e. The molecule has 0 aliphatic carbocycles. The first-order valence-electron chi connectivity index (χ1n) is 6.55. The number of hydrogen-bond donors (Lipinski definition) is 4. The van der Waals surface area contributed by atoms with Gasteiger partial charge in [0.25, 0.3) is 5.91 Å². The molecule has 0 spiro atoms. The number of amides is 2. The lowest BCUT2D eigenvalue weighted by atomic mass is 10.0. The third kappa shape index (κ3) is 5.23. The highest BCUT2D eigenvalue weighted by atomic mass is 16.4. The number of carbonyl (C=O) groups is 3. The Morgan fingerprint density at radius 1 is 1.24 bits per heavy atom. The summed E-state index contributed by atoms with van der Waals surface area (Å²) in [6.07, 6.45) is 0.361. The van der Waals surface area contributed by atoms with Gasteiger partial charge in [-0.15, -0.1) is 0 Å². The third-order valence-electron chi connectivity index (χ3n) is 2.96. The Kier molecular flexibility index (Phi) is 6.35. The van der Waals surface area contributed by atoms with Crippen LogP contribution in [-0.2, 0) is 16.0 Å². The van der Waals surface area contributed by atoms with E-state index in [0.29, 0.717) is 18.5 Å². The number of hydrogen-bond acceptors (Lipinski definition) is 4. The summed E-state index contributed by atoms with van der Waals surface area (Å²) in [7, 11) is 0. The van der Waals surface area contributed by atoms with Crippen molar-refractivity contribution in [1.29, 1.82) is 0 Å². The first-order valence-corrected chi connectivity index (χ1v) is 6.55. The van der Waals surface area contributed by atoms with Crippen molar-refractivity contribution in [3.05, 3.63) is 35.4 Å². The zero-order valence-corrected chi connectivity index (χ0v) is 11.5. The molecule has 7 heteroatoms. The van der Waals surface area contributed by atoms with E-state index in [4.69, 9.17) is 16.6 Å². The summed E-state index contributed by atoms with van der Waals surface area (Å²) < 4.78 is 0. The summed E-state index contributed by atoms with van der Waals surface area (Å²) in [5, 5.41) is 11.5. The molecular weight excluding hydrogens is 274 g/mol. The molecule has 0 heterocycles. The minimum atomic E-state index is -1.21. The molecule has 2 amide bonds. The molecule has 0 saturated carbocycles. The Morgan fingerprint density at radius 3 is 2.48 bits per heavy atom. The molecule has 1 rings (SSSR count). The van der Waals surface area contributed by atoms with Gasteiger partial charge in [0.15, 0.2) is 0 Å². The predicted molar refractivity (Wildman–Crippen MR) is 76.5 cm³/mol. The lowest BCUT2D eigenvalue weighted by Crippen LogP contribution is -2.41. The zero-order chi connectivity index (χ0) is 15.8. The van der Waals surface area contributed by atoms with E-state index in [1.165, 1.54) is 0 Å². The summed E-state index contributed by atoms with van der Waals surface area (Å²) in [5.41, 5.74) is 11.6. The van der Waals surface area contributed by atoms with Crippen LogP contribution in [0.5, 0.6) is 0 Å². The Morgan fingerprint density at radius 2 is 1.90 bits per heavy atom. The maximum Gasteiger partial charge on any atom is 0.326 e. The molecule has 0 aromatic heterocycles. The number of carbonyl (C=O) groups excluding carboxylic acids is 2. The number of benzene rings is 1. The summed E-state index contributed by atoms with van der Waals surface area (Å²) in [6, 6.07) is 5.68. The van der Waals surface area contributed by atoms with Gasteiger partial charge in [-0.2, -0.15) is 0 Å². The van der Waals surface area contributed by atoms with E-state index >= 15 is 0 Å². The summed E-state index contributed by atoms with van der Waals surface area (Å²) in [4.78, 5) is 34.0. The Balaban J connectivity index is 2.82. The van der Waals surface area contributed by atoms with Gasteiger partial charge < -0.3 is 21.9 Å². The van der Waals surface area contributed by atoms with Crippen LogP contribution in [0, 0.1) is 0 Å². The van der Waals surface area contributed by atoms with Crippen molar-refractivity contribution in [2.24, 2.45) is 11.5 Å². The van der Waals surface area contributed by atoms with E-state index in [1.54, 1.807) is 24.3 Å². The maximum absolute atomic E-state index is 12.2. The average molecular weight is 293 g/mol. The van der Waals surface area contributed by atoms with Gasteiger partial charge in [-0.3, -0.25) is 9.59 Å². The fraction of sp³-hybridized carbons (Fsp3) is 0.357. The fourth-order valence-electron chi connectivity index (χ4n) is 1.90. The summed E-state index contributed by atoms with van der Waals surface area (Å²) >= 11 is 0. The van der Waals surface area contributed by atoms with E-state index in [2.05, 4.69) is 5.32 Å². The van der Waals surface area contributed by atoms with Crippen LogP contribution < -0.4 is 16.8 Å². The molecule has 6 N–H and O–H groups in total. The molecule has 0 aliphatic heterocycles. The first kappa shape index (κ1) is 16.6. The van der Waals surface area contributed by atoms with Gasteiger partial charge in [-0.25, -0.2) is 4.79 Å². The van der Waals surface area contributed by atoms with Crippen molar-refractivity contribution in [3.63, 3.8) is 0 Å². The highest BCUT2D eigenvalue weighted by Gasteiger charge is 2.22. The number of rotatable bonds is 8. The minimum Gasteiger partial charge on any atom is -0.480 e. The van der Waals surface area contributed by atoms with Crippen LogP contribution in [0.1, 0.15) is 28.8 Å². The Hall–Kier alpha value is -2.41. The summed E-state index contributed by atoms with van der Waals surface area (Å²) in [5.74, 6) is -2.32. The van der Waals surface area contributed by atoms with Gasteiger partial charge >= 0.3 is 5.97 Å². The number of carboxylic acids is 1. The molecule has 7 nitrogen and oxygen atoms in total. The van der Waals surface area contributed by atoms with Crippen LogP contribution in [-0.4, -0.2) is 35.5 Å². The second-order valence-corrected chi connectivity index (χ2v) is 4.57. The van der Waals surface area contributed by atoms with E-state index in [0.717, 1.165) is 5.56 Å². The monoisotopic (exact) mass is 293 g/mol. The first-order chi connectivity index (χ1) is 9.95. The van der Waals surface area contributed by atoms with Gasteiger partial charge in [-0.1, -0.05) is 18.2 Å². The van der Waals surface area contributed by atoms with Gasteiger partial charge in [0, 0.05) is 12.0 Å². The lowest BCUT2D eigenvalue weighted by Gasteiger charge is -2.15. The van der Waals surface area contributed by atoms with Crippen LogP contribution in [0.25, 0.3) is 0 Å². The lowest BCUT2D eigenvalue weighted by molar-refractivity contribution is -0.139. The summed E-state index contributed by atoms with van der Waals surface area (Å²) in [6.45, 7) is 0.383. The van der Waals surface area contributed by atoms with Gasteiger partial charge in [-0.05, 0) is 31.0 Å². The van der Waals surface area contributed by atoms with Gasteiger partial charge in [0.05, 0.1) is 0 Å². The van der Waals surface area contributed by atoms with Crippen molar-refractivity contribution < 1.29 is 19.5 Å². The van der Waals surface area contributed by atoms with E-state index in [-0.39, 0.29) is 12.8 Å². The maximum atomic E-state index is 12.2. The molecule has 0 fully saturated rings. The molecule has 0 aliphatic rings.